The van der Waals surface area contributed by atoms with Crippen molar-refractivity contribution in [2.45, 2.75) is 52.2 Å². The van der Waals surface area contributed by atoms with Crippen LogP contribution in [0.2, 0.25) is 0 Å². The van der Waals surface area contributed by atoms with Crippen molar-refractivity contribution in [1.29, 1.82) is 0 Å². The number of aldehydes is 1. The summed E-state index contributed by atoms with van der Waals surface area (Å²) in [6, 6.07) is 0.0822. The van der Waals surface area contributed by atoms with Crippen LogP contribution in [-0.4, -0.2) is 35.5 Å². The van der Waals surface area contributed by atoms with E-state index in [0.717, 1.165) is 19.1 Å². The summed E-state index contributed by atoms with van der Waals surface area (Å²) in [6.45, 7) is 8.13. The van der Waals surface area contributed by atoms with Crippen LogP contribution < -0.4 is 0 Å². The average Bonchev–Trinajstić information content (AvgIpc) is 2.14. The van der Waals surface area contributed by atoms with E-state index in [-0.39, 0.29) is 18.1 Å². The van der Waals surface area contributed by atoms with E-state index in [9.17, 15) is 9.59 Å². The van der Waals surface area contributed by atoms with E-state index in [0.29, 0.717) is 6.54 Å². The van der Waals surface area contributed by atoms with E-state index in [1.54, 1.807) is 4.90 Å². The zero-order valence-corrected chi connectivity index (χ0v) is 10.5. The van der Waals surface area contributed by atoms with Gasteiger partial charge in [0, 0.05) is 18.5 Å². The molecule has 0 bridgehead atoms. The molecule has 1 aliphatic rings. The van der Waals surface area contributed by atoms with Crippen molar-refractivity contribution in [3.8, 4) is 0 Å². The first-order valence-electron chi connectivity index (χ1n) is 5.78. The topological polar surface area (TPSA) is 46.6 Å². The van der Waals surface area contributed by atoms with Gasteiger partial charge >= 0.3 is 6.09 Å². The second kappa shape index (κ2) is 4.85. The largest absolute Gasteiger partial charge is 0.444 e. The molecule has 1 heterocycles. The predicted molar refractivity (Wildman–Crippen MR) is 61.2 cm³/mol. The van der Waals surface area contributed by atoms with E-state index >= 15 is 0 Å². The lowest BCUT2D eigenvalue weighted by atomic mass is 9.93. The van der Waals surface area contributed by atoms with Crippen molar-refractivity contribution in [3.05, 3.63) is 0 Å². The highest BCUT2D eigenvalue weighted by Gasteiger charge is 2.31. The molecule has 4 heteroatoms. The van der Waals surface area contributed by atoms with Gasteiger partial charge in [0.2, 0.25) is 0 Å². The highest BCUT2D eigenvalue weighted by Crippen LogP contribution is 2.23. The number of rotatable bonds is 1. The molecule has 16 heavy (non-hydrogen) atoms. The summed E-state index contributed by atoms with van der Waals surface area (Å²) in [6.07, 6.45) is 2.20. The van der Waals surface area contributed by atoms with Crippen molar-refractivity contribution < 1.29 is 14.3 Å². The Morgan fingerprint density at radius 1 is 1.44 bits per heavy atom. The third-order valence-electron chi connectivity index (χ3n) is 2.74. The molecule has 0 aromatic heterocycles. The monoisotopic (exact) mass is 227 g/mol. The zero-order chi connectivity index (χ0) is 12.3. The maximum absolute atomic E-state index is 11.8. The Morgan fingerprint density at radius 3 is 2.50 bits per heavy atom. The van der Waals surface area contributed by atoms with E-state index in [2.05, 4.69) is 0 Å². The molecule has 1 aliphatic heterocycles. The van der Waals surface area contributed by atoms with E-state index in [1.807, 2.05) is 27.7 Å². The summed E-state index contributed by atoms with van der Waals surface area (Å²) in [5.74, 6) is 0.0914. The van der Waals surface area contributed by atoms with Gasteiger partial charge in [0.1, 0.15) is 11.9 Å². The normalized spacial score (nSPS) is 26.4. The van der Waals surface area contributed by atoms with Gasteiger partial charge in [-0.15, -0.1) is 0 Å². The highest BCUT2D eigenvalue weighted by atomic mass is 16.6. The Labute approximate surface area is 96.9 Å². The molecule has 2 atom stereocenters. The Kier molecular flexibility index (Phi) is 3.94. The molecule has 0 unspecified atom stereocenters. The molecule has 1 amide bonds. The number of hydrogen-bond acceptors (Lipinski definition) is 3. The van der Waals surface area contributed by atoms with Crippen LogP contribution in [0.4, 0.5) is 4.79 Å². The minimum Gasteiger partial charge on any atom is -0.444 e. The molecule has 1 saturated heterocycles. The molecule has 92 valence electrons. The standard InChI is InChI=1S/C12H21NO3/c1-9-7-10(8-14)5-6-13(9)11(15)16-12(2,3)4/h8-10H,5-7H2,1-4H3/t9-,10+/m1/s1. The first-order chi connectivity index (χ1) is 7.33. The van der Waals surface area contributed by atoms with Crippen molar-refractivity contribution in [1.82, 2.24) is 4.90 Å². The average molecular weight is 227 g/mol. The summed E-state index contributed by atoms with van der Waals surface area (Å²) < 4.78 is 5.32. The molecule has 4 nitrogen and oxygen atoms in total. The molecule has 1 fully saturated rings. The van der Waals surface area contributed by atoms with Crippen LogP contribution in [0.1, 0.15) is 40.5 Å². The first kappa shape index (κ1) is 13.0. The fraction of sp³-hybridized carbons (Fsp3) is 0.833. The Morgan fingerprint density at radius 2 is 2.06 bits per heavy atom. The van der Waals surface area contributed by atoms with Crippen LogP contribution in [0.15, 0.2) is 0 Å². The summed E-state index contributed by atoms with van der Waals surface area (Å²) in [4.78, 5) is 24.2. The Balaban J connectivity index is 2.55. The fourth-order valence-electron chi connectivity index (χ4n) is 1.92. The number of piperidine rings is 1. The first-order valence-corrected chi connectivity index (χ1v) is 5.78. The minimum atomic E-state index is -0.460. The van der Waals surface area contributed by atoms with Crippen LogP contribution >= 0.6 is 0 Å². The molecular formula is C12H21NO3. The third-order valence-corrected chi connectivity index (χ3v) is 2.74. The van der Waals surface area contributed by atoms with Gasteiger partial charge in [0.05, 0.1) is 0 Å². The van der Waals surface area contributed by atoms with Crippen molar-refractivity contribution >= 4 is 12.4 Å². The number of carbonyl (C=O) groups is 2. The lowest BCUT2D eigenvalue weighted by Crippen LogP contribution is -2.47. The van der Waals surface area contributed by atoms with Crippen molar-refractivity contribution in [2.24, 2.45) is 5.92 Å². The lowest BCUT2D eigenvalue weighted by molar-refractivity contribution is -0.113. The Bertz CT molecular complexity index is 270. The van der Waals surface area contributed by atoms with Gasteiger partial charge in [-0.25, -0.2) is 4.79 Å². The summed E-state index contributed by atoms with van der Waals surface area (Å²) in [5.41, 5.74) is -0.460. The van der Waals surface area contributed by atoms with Gasteiger partial charge < -0.3 is 14.4 Å². The van der Waals surface area contributed by atoms with Crippen molar-refractivity contribution in [2.75, 3.05) is 6.54 Å². The van der Waals surface area contributed by atoms with E-state index in [1.165, 1.54) is 0 Å². The molecule has 0 aliphatic carbocycles. The smallest absolute Gasteiger partial charge is 0.410 e. The van der Waals surface area contributed by atoms with Crippen LogP contribution in [0.3, 0.4) is 0 Å². The van der Waals surface area contributed by atoms with Crippen LogP contribution in [0.25, 0.3) is 0 Å². The zero-order valence-electron chi connectivity index (χ0n) is 10.5. The maximum Gasteiger partial charge on any atom is 0.410 e. The van der Waals surface area contributed by atoms with E-state index < -0.39 is 5.60 Å². The number of carbonyl (C=O) groups excluding carboxylic acids is 2. The maximum atomic E-state index is 11.8. The van der Waals surface area contributed by atoms with Gasteiger partial charge in [0.25, 0.3) is 0 Å². The van der Waals surface area contributed by atoms with Gasteiger partial charge in [-0.3, -0.25) is 0 Å². The molecule has 0 N–H and O–H groups in total. The number of amides is 1. The second-order valence-electron chi connectivity index (χ2n) is 5.44. The number of likely N-dealkylation sites (tertiary alicyclic amines) is 1. The molecule has 0 spiro atoms. The molecule has 0 aromatic carbocycles. The second-order valence-corrected chi connectivity index (χ2v) is 5.44. The summed E-state index contributed by atoms with van der Waals surface area (Å²) in [5, 5.41) is 0. The summed E-state index contributed by atoms with van der Waals surface area (Å²) >= 11 is 0. The highest BCUT2D eigenvalue weighted by molar-refractivity contribution is 5.69. The van der Waals surface area contributed by atoms with E-state index in [4.69, 9.17) is 4.74 Å². The van der Waals surface area contributed by atoms with Gasteiger partial charge in [-0.1, -0.05) is 0 Å². The predicted octanol–water partition coefficient (Wildman–Crippen LogP) is 2.22. The third kappa shape index (κ3) is 3.51. The van der Waals surface area contributed by atoms with Crippen LogP contribution in [0.5, 0.6) is 0 Å². The number of hydrogen-bond donors (Lipinski definition) is 0. The van der Waals surface area contributed by atoms with Gasteiger partial charge in [0.15, 0.2) is 0 Å². The molecule has 0 radical (unpaired) electrons. The molecule has 0 saturated carbocycles. The number of nitrogens with zero attached hydrogens (tertiary/aromatic N) is 1. The lowest BCUT2D eigenvalue weighted by Gasteiger charge is -2.36. The van der Waals surface area contributed by atoms with Crippen LogP contribution in [-0.2, 0) is 9.53 Å². The van der Waals surface area contributed by atoms with Gasteiger partial charge in [-0.05, 0) is 40.5 Å². The number of ether oxygens (including phenoxy) is 1. The Hall–Kier alpha value is -1.06. The van der Waals surface area contributed by atoms with Crippen LogP contribution in [0, 0.1) is 5.92 Å². The molecular weight excluding hydrogens is 206 g/mol. The minimum absolute atomic E-state index is 0.0822. The molecule has 0 aromatic rings. The SMILES string of the molecule is C[C@@H]1C[C@@H](C=O)CCN1C(=O)OC(C)(C)C. The summed E-state index contributed by atoms with van der Waals surface area (Å²) in [7, 11) is 0. The quantitative estimate of drug-likeness (QED) is 0.645. The fourth-order valence-corrected chi connectivity index (χ4v) is 1.92. The molecule has 1 rings (SSSR count). The van der Waals surface area contributed by atoms with Crippen molar-refractivity contribution in [3.63, 3.8) is 0 Å². The van der Waals surface area contributed by atoms with Gasteiger partial charge in [-0.2, -0.15) is 0 Å².